The highest BCUT2D eigenvalue weighted by Gasteiger charge is 2.61. The lowest BCUT2D eigenvalue weighted by Crippen LogP contribution is -2.60. The van der Waals surface area contributed by atoms with Crippen molar-refractivity contribution in [2.45, 2.75) is 46.6 Å². The van der Waals surface area contributed by atoms with E-state index in [9.17, 15) is 19.5 Å². The summed E-state index contributed by atoms with van der Waals surface area (Å²) in [4.78, 5) is 35.4. The van der Waals surface area contributed by atoms with E-state index in [1.165, 1.54) is 6.92 Å². The van der Waals surface area contributed by atoms with Gasteiger partial charge in [0.2, 0.25) is 5.41 Å². The van der Waals surface area contributed by atoms with Crippen LogP contribution >= 0.6 is 0 Å². The number of rotatable bonds is 6. The zero-order chi connectivity index (χ0) is 13.9. The van der Waals surface area contributed by atoms with E-state index in [1.807, 2.05) is 0 Å². The number of carbonyl (C=O) groups excluding carboxylic acids is 3. The van der Waals surface area contributed by atoms with Crippen LogP contribution in [-0.4, -0.2) is 34.9 Å². The first-order valence-electron chi connectivity index (χ1n) is 5.60. The molecule has 0 aromatic carbocycles. The third kappa shape index (κ3) is 2.39. The van der Waals surface area contributed by atoms with Crippen LogP contribution in [0.3, 0.4) is 0 Å². The summed E-state index contributed by atoms with van der Waals surface area (Å²) in [5.74, 6) is -2.38. The van der Waals surface area contributed by atoms with E-state index in [-0.39, 0.29) is 13.0 Å². The van der Waals surface area contributed by atoms with E-state index in [2.05, 4.69) is 0 Å². The zero-order valence-electron chi connectivity index (χ0n) is 11.0. The van der Waals surface area contributed by atoms with Gasteiger partial charge in [0.25, 0.3) is 0 Å². The van der Waals surface area contributed by atoms with Crippen molar-refractivity contribution >= 4 is 17.5 Å². The SMILES string of the molecule is CCOC(=O)C(C(C)=O)(C(C)=O)C(C)(O)CC. The van der Waals surface area contributed by atoms with E-state index >= 15 is 0 Å². The second-order valence-corrected chi connectivity index (χ2v) is 4.21. The van der Waals surface area contributed by atoms with E-state index in [0.717, 1.165) is 13.8 Å². The molecule has 1 atom stereocenters. The van der Waals surface area contributed by atoms with Gasteiger partial charge in [-0.15, -0.1) is 0 Å². The molecule has 0 saturated heterocycles. The summed E-state index contributed by atoms with van der Waals surface area (Å²) in [6.07, 6.45) is 0.0883. The molecule has 1 N–H and O–H groups in total. The van der Waals surface area contributed by atoms with Gasteiger partial charge in [-0.05, 0) is 34.1 Å². The summed E-state index contributed by atoms with van der Waals surface area (Å²) in [6, 6.07) is 0. The molecule has 0 rings (SSSR count). The van der Waals surface area contributed by atoms with Gasteiger partial charge >= 0.3 is 5.97 Å². The summed E-state index contributed by atoms with van der Waals surface area (Å²) in [7, 11) is 0. The quantitative estimate of drug-likeness (QED) is 0.554. The first-order chi connectivity index (χ1) is 7.68. The normalized spacial score (nSPS) is 14.9. The van der Waals surface area contributed by atoms with Crippen molar-refractivity contribution in [2.75, 3.05) is 6.61 Å². The number of ketones is 2. The predicted molar refractivity (Wildman–Crippen MR) is 61.3 cm³/mol. The number of aliphatic hydroxyl groups is 1. The van der Waals surface area contributed by atoms with Gasteiger partial charge in [-0.25, -0.2) is 0 Å². The van der Waals surface area contributed by atoms with Crippen LogP contribution in [0.25, 0.3) is 0 Å². The summed E-state index contributed by atoms with van der Waals surface area (Å²) in [5, 5.41) is 10.2. The number of ether oxygens (including phenoxy) is 1. The molecule has 0 amide bonds. The second-order valence-electron chi connectivity index (χ2n) is 4.21. The first-order valence-corrected chi connectivity index (χ1v) is 5.60. The highest BCUT2D eigenvalue weighted by atomic mass is 16.5. The van der Waals surface area contributed by atoms with Gasteiger partial charge in [0.1, 0.15) is 0 Å². The predicted octanol–water partition coefficient (Wildman–Crippen LogP) is 0.875. The monoisotopic (exact) mass is 244 g/mol. The van der Waals surface area contributed by atoms with Crippen molar-refractivity contribution in [2.24, 2.45) is 5.41 Å². The average Bonchev–Trinajstić information content (AvgIpc) is 2.17. The van der Waals surface area contributed by atoms with Gasteiger partial charge in [-0.1, -0.05) is 6.92 Å². The molecule has 0 aliphatic heterocycles. The Morgan fingerprint density at radius 3 is 1.76 bits per heavy atom. The molecule has 98 valence electrons. The number of hydrogen-bond acceptors (Lipinski definition) is 5. The molecule has 0 saturated carbocycles. The molecular formula is C12H20O5. The van der Waals surface area contributed by atoms with Crippen LogP contribution in [0.5, 0.6) is 0 Å². The molecule has 0 spiro atoms. The minimum absolute atomic E-state index is 0.0426. The lowest BCUT2D eigenvalue weighted by atomic mass is 9.66. The molecular weight excluding hydrogens is 224 g/mol. The van der Waals surface area contributed by atoms with Crippen molar-refractivity contribution < 1.29 is 24.2 Å². The van der Waals surface area contributed by atoms with Crippen LogP contribution in [0, 0.1) is 5.41 Å². The standard InChI is InChI=1S/C12H20O5/c1-6-11(5,16)12(8(3)13,9(4)14)10(15)17-7-2/h16H,6-7H2,1-5H3. The summed E-state index contributed by atoms with van der Waals surface area (Å²) in [5.41, 5.74) is -3.88. The number of esters is 1. The van der Waals surface area contributed by atoms with E-state index in [4.69, 9.17) is 4.74 Å². The van der Waals surface area contributed by atoms with Gasteiger partial charge in [-0.2, -0.15) is 0 Å². The molecule has 5 nitrogen and oxygen atoms in total. The lowest BCUT2D eigenvalue weighted by Gasteiger charge is -2.38. The molecule has 0 aliphatic carbocycles. The van der Waals surface area contributed by atoms with Crippen LogP contribution in [-0.2, 0) is 19.1 Å². The topological polar surface area (TPSA) is 80.7 Å². The van der Waals surface area contributed by atoms with E-state index in [0.29, 0.717) is 0 Å². The Balaban J connectivity index is 5.87. The summed E-state index contributed by atoms with van der Waals surface area (Å²) in [6.45, 7) is 6.74. The highest BCUT2D eigenvalue weighted by Crippen LogP contribution is 2.37. The molecule has 0 fully saturated rings. The summed E-state index contributed by atoms with van der Waals surface area (Å²) < 4.78 is 4.78. The van der Waals surface area contributed by atoms with Crippen molar-refractivity contribution in [3.05, 3.63) is 0 Å². The molecule has 17 heavy (non-hydrogen) atoms. The van der Waals surface area contributed by atoms with Crippen LogP contribution in [0.4, 0.5) is 0 Å². The Morgan fingerprint density at radius 1 is 1.12 bits per heavy atom. The van der Waals surface area contributed by atoms with Crippen LogP contribution < -0.4 is 0 Å². The fourth-order valence-electron chi connectivity index (χ4n) is 2.02. The molecule has 0 radical (unpaired) electrons. The van der Waals surface area contributed by atoms with Gasteiger partial charge < -0.3 is 9.84 Å². The van der Waals surface area contributed by atoms with Gasteiger partial charge in [-0.3, -0.25) is 14.4 Å². The molecule has 5 heteroatoms. The average molecular weight is 244 g/mol. The number of hydrogen-bond donors (Lipinski definition) is 1. The fourth-order valence-corrected chi connectivity index (χ4v) is 2.02. The van der Waals surface area contributed by atoms with Crippen molar-refractivity contribution in [1.82, 2.24) is 0 Å². The molecule has 0 aliphatic rings. The van der Waals surface area contributed by atoms with Gasteiger partial charge in [0.15, 0.2) is 11.6 Å². The van der Waals surface area contributed by atoms with Crippen LogP contribution in [0.15, 0.2) is 0 Å². The van der Waals surface area contributed by atoms with E-state index in [1.54, 1.807) is 13.8 Å². The Hall–Kier alpha value is -1.23. The number of Topliss-reactive ketones (excluding diaryl/α,β-unsaturated/α-hetero) is 2. The third-order valence-electron chi connectivity index (χ3n) is 3.13. The van der Waals surface area contributed by atoms with Gasteiger partial charge in [0, 0.05) is 0 Å². The molecule has 1 unspecified atom stereocenters. The minimum atomic E-state index is -2.13. The van der Waals surface area contributed by atoms with Crippen molar-refractivity contribution in [1.29, 1.82) is 0 Å². The molecule has 0 aromatic heterocycles. The van der Waals surface area contributed by atoms with Crippen molar-refractivity contribution in [3.8, 4) is 0 Å². The third-order valence-corrected chi connectivity index (χ3v) is 3.13. The highest BCUT2D eigenvalue weighted by molar-refractivity contribution is 6.22. The maximum Gasteiger partial charge on any atom is 0.330 e. The van der Waals surface area contributed by atoms with Crippen molar-refractivity contribution in [3.63, 3.8) is 0 Å². The largest absolute Gasteiger partial charge is 0.465 e. The molecule has 0 bridgehead atoms. The number of carbonyl (C=O) groups is 3. The lowest BCUT2D eigenvalue weighted by molar-refractivity contribution is -0.180. The molecule has 0 aromatic rings. The van der Waals surface area contributed by atoms with Crippen LogP contribution in [0.2, 0.25) is 0 Å². The summed E-state index contributed by atoms with van der Waals surface area (Å²) >= 11 is 0. The Labute approximate surface area is 101 Å². The zero-order valence-corrected chi connectivity index (χ0v) is 11.0. The minimum Gasteiger partial charge on any atom is -0.465 e. The van der Waals surface area contributed by atoms with Crippen LogP contribution in [0.1, 0.15) is 41.0 Å². The Bertz CT molecular complexity index is 316. The first kappa shape index (κ1) is 15.8. The Kier molecular flexibility index (Phi) is 5.01. The van der Waals surface area contributed by atoms with Gasteiger partial charge in [0.05, 0.1) is 12.2 Å². The van der Waals surface area contributed by atoms with E-state index < -0.39 is 28.6 Å². The molecule has 0 heterocycles. The Morgan fingerprint density at radius 2 is 1.53 bits per heavy atom. The fraction of sp³-hybridized carbons (Fsp3) is 0.750. The smallest absolute Gasteiger partial charge is 0.330 e. The maximum absolute atomic E-state index is 11.9. The second kappa shape index (κ2) is 5.40. The maximum atomic E-state index is 11.9.